The van der Waals surface area contributed by atoms with Crippen LogP contribution in [0.4, 0.5) is 14.5 Å². The Hall–Kier alpha value is -2.16. The highest BCUT2D eigenvalue weighted by Gasteiger charge is 2.25. The number of amides is 1. The molecule has 1 atom stereocenters. The molecule has 2 rings (SSSR count). The van der Waals surface area contributed by atoms with Gasteiger partial charge in [0.2, 0.25) is 5.91 Å². The molecule has 4 nitrogen and oxygen atoms in total. The molecule has 0 saturated carbocycles. The molecule has 1 amide bonds. The first kappa shape index (κ1) is 15.2. The van der Waals surface area contributed by atoms with E-state index in [1.54, 1.807) is 11.0 Å². The Morgan fingerprint density at radius 1 is 1.48 bits per heavy atom. The SMILES string of the molecule is CC(=O)NCC1CCCN(c2c(F)cc(C#N)cc2F)C1. The summed E-state index contributed by atoms with van der Waals surface area (Å²) in [5.41, 5.74) is -0.109. The second kappa shape index (κ2) is 6.53. The van der Waals surface area contributed by atoms with E-state index in [1.807, 2.05) is 0 Å². The molecule has 6 heteroatoms. The average Bonchev–Trinajstić information content (AvgIpc) is 2.44. The lowest BCUT2D eigenvalue weighted by molar-refractivity contribution is -0.119. The van der Waals surface area contributed by atoms with E-state index in [0.717, 1.165) is 25.0 Å². The van der Waals surface area contributed by atoms with Crippen LogP contribution < -0.4 is 10.2 Å². The predicted molar refractivity (Wildman–Crippen MR) is 74.7 cm³/mol. The van der Waals surface area contributed by atoms with E-state index in [0.29, 0.717) is 19.6 Å². The molecule has 1 unspecified atom stereocenters. The maximum Gasteiger partial charge on any atom is 0.216 e. The Labute approximate surface area is 122 Å². The largest absolute Gasteiger partial charge is 0.366 e. The van der Waals surface area contributed by atoms with Crippen LogP contribution in [-0.4, -0.2) is 25.5 Å². The molecule has 1 N–H and O–H groups in total. The van der Waals surface area contributed by atoms with E-state index in [2.05, 4.69) is 5.32 Å². The molecule has 21 heavy (non-hydrogen) atoms. The van der Waals surface area contributed by atoms with Crippen molar-refractivity contribution in [2.75, 3.05) is 24.5 Å². The lowest BCUT2D eigenvalue weighted by Crippen LogP contribution is -2.41. The molecule has 1 saturated heterocycles. The molecule has 1 aromatic rings. The topological polar surface area (TPSA) is 56.1 Å². The van der Waals surface area contributed by atoms with Crippen LogP contribution in [0.15, 0.2) is 12.1 Å². The summed E-state index contributed by atoms with van der Waals surface area (Å²) < 4.78 is 28.0. The van der Waals surface area contributed by atoms with Crippen molar-refractivity contribution in [2.24, 2.45) is 5.92 Å². The summed E-state index contributed by atoms with van der Waals surface area (Å²) in [6, 6.07) is 3.84. The zero-order chi connectivity index (χ0) is 15.4. The molecule has 112 valence electrons. The van der Waals surface area contributed by atoms with E-state index >= 15 is 0 Å². The zero-order valence-corrected chi connectivity index (χ0v) is 11.8. The highest BCUT2D eigenvalue weighted by molar-refractivity contribution is 5.72. The third-order valence-electron chi connectivity index (χ3n) is 3.62. The minimum atomic E-state index is -0.716. The van der Waals surface area contributed by atoms with E-state index in [9.17, 15) is 13.6 Å². The van der Waals surface area contributed by atoms with E-state index < -0.39 is 11.6 Å². The number of nitriles is 1. The van der Waals surface area contributed by atoms with Crippen molar-refractivity contribution in [3.05, 3.63) is 29.3 Å². The smallest absolute Gasteiger partial charge is 0.216 e. The number of hydrogen-bond donors (Lipinski definition) is 1. The molecule has 1 aliphatic rings. The number of rotatable bonds is 3. The fourth-order valence-corrected chi connectivity index (χ4v) is 2.65. The summed E-state index contributed by atoms with van der Waals surface area (Å²) in [5.74, 6) is -1.38. The second-order valence-corrected chi connectivity index (χ2v) is 5.29. The van der Waals surface area contributed by atoms with Crippen LogP contribution in [0, 0.1) is 28.9 Å². The predicted octanol–water partition coefficient (Wildman–Crippen LogP) is 2.19. The first-order chi connectivity index (χ1) is 10.0. The van der Waals surface area contributed by atoms with Gasteiger partial charge in [0.15, 0.2) is 11.6 Å². The van der Waals surface area contributed by atoms with Gasteiger partial charge in [-0.25, -0.2) is 8.78 Å². The number of anilines is 1. The maximum atomic E-state index is 14.0. The molecule has 0 bridgehead atoms. The van der Waals surface area contributed by atoms with Gasteiger partial charge in [-0.1, -0.05) is 0 Å². The van der Waals surface area contributed by atoms with Gasteiger partial charge in [-0.3, -0.25) is 4.79 Å². The fourth-order valence-electron chi connectivity index (χ4n) is 2.65. The number of piperidine rings is 1. The second-order valence-electron chi connectivity index (χ2n) is 5.29. The highest BCUT2D eigenvalue weighted by Crippen LogP contribution is 2.29. The normalized spacial score (nSPS) is 18.2. The average molecular weight is 293 g/mol. The van der Waals surface area contributed by atoms with Crippen LogP contribution >= 0.6 is 0 Å². The quantitative estimate of drug-likeness (QED) is 0.929. The molecule has 0 aromatic heterocycles. The maximum absolute atomic E-state index is 14.0. The number of carbonyl (C=O) groups is 1. The van der Waals surface area contributed by atoms with Crippen molar-refractivity contribution >= 4 is 11.6 Å². The van der Waals surface area contributed by atoms with Gasteiger partial charge < -0.3 is 10.2 Å². The number of nitrogens with one attached hydrogen (secondary N) is 1. The molecular formula is C15H17F2N3O. The van der Waals surface area contributed by atoms with Crippen LogP contribution in [0.1, 0.15) is 25.3 Å². The summed E-state index contributed by atoms with van der Waals surface area (Å²) in [5, 5.41) is 11.5. The number of carbonyl (C=O) groups excluding carboxylic acids is 1. The third-order valence-corrected chi connectivity index (χ3v) is 3.62. The van der Waals surface area contributed by atoms with Gasteiger partial charge in [0.05, 0.1) is 11.6 Å². The van der Waals surface area contributed by atoms with E-state index in [-0.39, 0.29) is 23.1 Å². The molecule has 0 aliphatic carbocycles. The monoisotopic (exact) mass is 293 g/mol. The van der Waals surface area contributed by atoms with Gasteiger partial charge in [-0.15, -0.1) is 0 Å². The number of halogens is 2. The van der Waals surface area contributed by atoms with Crippen LogP contribution in [0.5, 0.6) is 0 Å². The number of benzene rings is 1. The van der Waals surface area contributed by atoms with Crippen LogP contribution in [0.25, 0.3) is 0 Å². The Balaban J connectivity index is 2.14. The van der Waals surface area contributed by atoms with Crippen LogP contribution in [0.3, 0.4) is 0 Å². The van der Waals surface area contributed by atoms with Crippen molar-refractivity contribution in [1.29, 1.82) is 5.26 Å². The van der Waals surface area contributed by atoms with Gasteiger partial charge in [0, 0.05) is 26.6 Å². The Bertz CT molecular complexity index is 560. The van der Waals surface area contributed by atoms with Crippen molar-refractivity contribution in [3.63, 3.8) is 0 Å². The van der Waals surface area contributed by atoms with Gasteiger partial charge in [0.25, 0.3) is 0 Å². The molecule has 1 fully saturated rings. The summed E-state index contributed by atoms with van der Waals surface area (Å²) in [4.78, 5) is 12.6. The first-order valence-electron chi connectivity index (χ1n) is 6.89. The first-order valence-corrected chi connectivity index (χ1v) is 6.89. The Morgan fingerprint density at radius 3 is 2.71 bits per heavy atom. The zero-order valence-electron chi connectivity index (χ0n) is 11.8. The van der Waals surface area contributed by atoms with Gasteiger partial charge >= 0.3 is 0 Å². The van der Waals surface area contributed by atoms with Crippen LogP contribution in [0.2, 0.25) is 0 Å². The standard InChI is InChI=1S/C15H17F2N3O/c1-10(21)19-8-11-3-2-4-20(9-11)15-13(16)5-12(7-18)6-14(15)17/h5-6,11H,2-4,8-9H2,1H3,(H,19,21). The van der Waals surface area contributed by atoms with Gasteiger partial charge in [-0.2, -0.15) is 5.26 Å². The van der Waals surface area contributed by atoms with Gasteiger partial charge in [-0.05, 0) is 30.9 Å². The number of hydrogen-bond acceptors (Lipinski definition) is 3. The highest BCUT2D eigenvalue weighted by atomic mass is 19.1. The summed E-state index contributed by atoms with van der Waals surface area (Å²) in [7, 11) is 0. The lowest BCUT2D eigenvalue weighted by Gasteiger charge is -2.34. The number of nitrogens with zero attached hydrogens (tertiary/aromatic N) is 2. The third kappa shape index (κ3) is 3.69. The van der Waals surface area contributed by atoms with Crippen LogP contribution in [-0.2, 0) is 4.79 Å². The van der Waals surface area contributed by atoms with E-state index in [4.69, 9.17) is 5.26 Å². The van der Waals surface area contributed by atoms with E-state index in [1.165, 1.54) is 6.92 Å². The van der Waals surface area contributed by atoms with Crippen molar-refractivity contribution in [2.45, 2.75) is 19.8 Å². The molecule has 0 spiro atoms. The molecule has 0 radical (unpaired) electrons. The molecular weight excluding hydrogens is 276 g/mol. The minimum Gasteiger partial charge on any atom is -0.366 e. The summed E-state index contributed by atoms with van der Waals surface area (Å²) in [6.07, 6.45) is 1.72. The van der Waals surface area contributed by atoms with Gasteiger partial charge in [0.1, 0.15) is 5.69 Å². The van der Waals surface area contributed by atoms with Crippen molar-refractivity contribution in [3.8, 4) is 6.07 Å². The fraction of sp³-hybridized carbons (Fsp3) is 0.467. The minimum absolute atomic E-state index is 0.0273. The summed E-state index contributed by atoms with van der Waals surface area (Å²) in [6.45, 7) is 3.00. The molecule has 1 aromatic carbocycles. The van der Waals surface area contributed by atoms with Crippen molar-refractivity contribution < 1.29 is 13.6 Å². The molecule has 1 heterocycles. The molecule has 1 aliphatic heterocycles. The summed E-state index contributed by atoms with van der Waals surface area (Å²) >= 11 is 0. The Morgan fingerprint density at radius 2 is 2.14 bits per heavy atom. The van der Waals surface area contributed by atoms with Crippen molar-refractivity contribution in [1.82, 2.24) is 5.32 Å². The lowest BCUT2D eigenvalue weighted by atomic mass is 9.97. The Kier molecular flexibility index (Phi) is 4.73.